The van der Waals surface area contributed by atoms with Gasteiger partial charge in [0.15, 0.2) is 0 Å². The molecule has 0 aliphatic rings. The number of amides is 1. The molecule has 3 heteroatoms. The van der Waals surface area contributed by atoms with E-state index in [1.807, 2.05) is 18.2 Å². The van der Waals surface area contributed by atoms with E-state index < -0.39 is 0 Å². The predicted octanol–water partition coefficient (Wildman–Crippen LogP) is 2.57. The van der Waals surface area contributed by atoms with Crippen molar-refractivity contribution < 1.29 is 4.79 Å². The molecule has 1 amide bonds. The average Bonchev–Trinajstić information content (AvgIpc) is 2.14. The number of hydrogen-bond acceptors (Lipinski definition) is 2. The highest BCUT2D eigenvalue weighted by molar-refractivity contribution is 5.88. The summed E-state index contributed by atoms with van der Waals surface area (Å²) >= 11 is 0. The summed E-state index contributed by atoms with van der Waals surface area (Å²) in [7, 11) is 0. The van der Waals surface area contributed by atoms with Gasteiger partial charge in [-0.3, -0.25) is 4.79 Å². The van der Waals surface area contributed by atoms with Crippen molar-refractivity contribution in [2.45, 2.75) is 46.2 Å². The SMILES string of the molecule is CC(=O)Nc1cccc(CC(C)NC(C)C)c1. The summed E-state index contributed by atoms with van der Waals surface area (Å²) in [4.78, 5) is 11.0. The molecule has 0 radical (unpaired) electrons. The highest BCUT2D eigenvalue weighted by atomic mass is 16.1. The third-order valence-electron chi connectivity index (χ3n) is 2.41. The molecule has 1 aromatic carbocycles. The van der Waals surface area contributed by atoms with Crippen LogP contribution in [0.3, 0.4) is 0 Å². The monoisotopic (exact) mass is 234 g/mol. The Morgan fingerprint density at radius 3 is 2.59 bits per heavy atom. The van der Waals surface area contributed by atoms with E-state index in [-0.39, 0.29) is 5.91 Å². The topological polar surface area (TPSA) is 41.1 Å². The molecule has 0 aliphatic heterocycles. The fourth-order valence-electron chi connectivity index (χ4n) is 1.96. The van der Waals surface area contributed by atoms with Crippen molar-refractivity contribution in [2.75, 3.05) is 5.32 Å². The predicted molar refractivity (Wildman–Crippen MR) is 72.2 cm³/mol. The van der Waals surface area contributed by atoms with Crippen LogP contribution >= 0.6 is 0 Å². The lowest BCUT2D eigenvalue weighted by molar-refractivity contribution is -0.114. The van der Waals surface area contributed by atoms with Crippen LogP contribution in [-0.4, -0.2) is 18.0 Å². The lowest BCUT2D eigenvalue weighted by Gasteiger charge is -2.17. The first kappa shape index (κ1) is 13.7. The summed E-state index contributed by atoms with van der Waals surface area (Å²) in [5.74, 6) is -0.0319. The van der Waals surface area contributed by atoms with Crippen LogP contribution in [0, 0.1) is 0 Å². The van der Waals surface area contributed by atoms with E-state index in [2.05, 4.69) is 37.5 Å². The van der Waals surface area contributed by atoms with Crippen LogP contribution < -0.4 is 10.6 Å². The summed E-state index contributed by atoms with van der Waals surface area (Å²) in [5, 5.41) is 6.26. The van der Waals surface area contributed by atoms with Crippen molar-refractivity contribution >= 4 is 11.6 Å². The van der Waals surface area contributed by atoms with Crippen LogP contribution in [0.4, 0.5) is 5.69 Å². The molecule has 3 nitrogen and oxygen atoms in total. The Bertz CT molecular complexity index is 374. The molecule has 1 aromatic rings. The quantitative estimate of drug-likeness (QED) is 0.822. The number of carbonyl (C=O) groups is 1. The van der Waals surface area contributed by atoms with Crippen molar-refractivity contribution in [1.82, 2.24) is 5.32 Å². The Morgan fingerprint density at radius 2 is 2.00 bits per heavy atom. The fraction of sp³-hybridized carbons (Fsp3) is 0.500. The van der Waals surface area contributed by atoms with Gasteiger partial charge in [-0.1, -0.05) is 26.0 Å². The summed E-state index contributed by atoms with van der Waals surface area (Å²) in [6.45, 7) is 7.98. The Hall–Kier alpha value is -1.35. The van der Waals surface area contributed by atoms with Crippen LogP contribution in [0.2, 0.25) is 0 Å². The zero-order valence-corrected chi connectivity index (χ0v) is 11.1. The zero-order valence-electron chi connectivity index (χ0n) is 11.1. The van der Waals surface area contributed by atoms with E-state index in [1.54, 1.807) is 0 Å². The highest BCUT2D eigenvalue weighted by Gasteiger charge is 2.05. The van der Waals surface area contributed by atoms with Gasteiger partial charge in [0.05, 0.1) is 0 Å². The molecule has 1 unspecified atom stereocenters. The van der Waals surface area contributed by atoms with Crippen molar-refractivity contribution in [3.05, 3.63) is 29.8 Å². The van der Waals surface area contributed by atoms with Gasteiger partial charge in [0.1, 0.15) is 0 Å². The smallest absolute Gasteiger partial charge is 0.221 e. The van der Waals surface area contributed by atoms with E-state index in [0.29, 0.717) is 12.1 Å². The number of nitrogens with one attached hydrogen (secondary N) is 2. The number of hydrogen-bond donors (Lipinski definition) is 2. The number of carbonyl (C=O) groups excluding carboxylic acids is 1. The van der Waals surface area contributed by atoms with Crippen molar-refractivity contribution in [1.29, 1.82) is 0 Å². The first-order valence-electron chi connectivity index (χ1n) is 6.10. The summed E-state index contributed by atoms with van der Waals surface area (Å²) in [5.41, 5.74) is 2.10. The van der Waals surface area contributed by atoms with Gasteiger partial charge >= 0.3 is 0 Å². The molecular weight excluding hydrogens is 212 g/mol. The lowest BCUT2D eigenvalue weighted by atomic mass is 10.1. The molecule has 0 spiro atoms. The van der Waals surface area contributed by atoms with E-state index >= 15 is 0 Å². The third kappa shape index (κ3) is 5.50. The van der Waals surface area contributed by atoms with Gasteiger partial charge in [0.2, 0.25) is 5.91 Å². The van der Waals surface area contributed by atoms with Gasteiger partial charge < -0.3 is 10.6 Å². The van der Waals surface area contributed by atoms with Gasteiger partial charge in [-0.05, 0) is 31.0 Å². The first-order valence-corrected chi connectivity index (χ1v) is 6.10. The normalized spacial score (nSPS) is 12.5. The van der Waals surface area contributed by atoms with Gasteiger partial charge in [-0.2, -0.15) is 0 Å². The molecule has 1 atom stereocenters. The van der Waals surface area contributed by atoms with Crippen molar-refractivity contribution in [3.8, 4) is 0 Å². The lowest BCUT2D eigenvalue weighted by Crippen LogP contribution is -2.33. The molecule has 0 heterocycles. The second-order valence-corrected chi connectivity index (χ2v) is 4.81. The maximum atomic E-state index is 11.0. The van der Waals surface area contributed by atoms with Gasteiger partial charge in [0, 0.05) is 24.7 Å². The molecule has 94 valence electrons. The Balaban J connectivity index is 2.62. The van der Waals surface area contributed by atoms with Crippen LogP contribution in [0.25, 0.3) is 0 Å². The molecule has 0 saturated carbocycles. The highest BCUT2D eigenvalue weighted by Crippen LogP contribution is 2.12. The van der Waals surface area contributed by atoms with Crippen LogP contribution in [0.1, 0.15) is 33.3 Å². The number of rotatable bonds is 5. The number of anilines is 1. The molecular formula is C14H22N2O. The summed E-state index contributed by atoms with van der Waals surface area (Å²) in [6.07, 6.45) is 0.964. The molecule has 0 aromatic heterocycles. The average molecular weight is 234 g/mol. The molecule has 17 heavy (non-hydrogen) atoms. The molecule has 1 rings (SSSR count). The standard InChI is InChI=1S/C14H22N2O/c1-10(2)15-11(3)8-13-6-5-7-14(9-13)16-12(4)17/h5-7,9-11,15H,8H2,1-4H3,(H,16,17). The minimum absolute atomic E-state index is 0.0319. The van der Waals surface area contributed by atoms with E-state index in [1.165, 1.54) is 12.5 Å². The van der Waals surface area contributed by atoms with Crippen LogP contribution in [-0.2, 0) is 11.2 Å². The van der Waals surface area contributed by atoms with E-state index in [0.717, 1.165) is 12.1 Å². The fourth-order valence-corrected chi connectivity index (χ4v) is 1.96. The van der Waals surface area contributed by atoms with Crippen LogP contribution in [0.15, 0.2) is 24.3 Å². The second kappa shape index (κ2) is 6.40. The summed E-state index contributed by atoms with van der Waals surface area (Å²) in [6, 6.07) is 8.92. The number of benzene rings is 1. The molecule has 0 saturated heterocycles. The maximum Gasteiger partial charge on any atom is 0.221 e. The van der Waals surface area contributed by atoms with Crippen molar-refractivity contribution in [3.63, 3.8) is 0 Å². The van der Waals surface area contributed by atoms with E-state index in [9.17, 15) is 4.79 Å². The maximum absolute atomic E-state index is 11.0. The zero-order chi connectivity index (χ0) is 12.8. The second-order valence-electron chi connectivity index (χ2n) is 4.81. The minimum atomic E-state index is -0.0319. The molecule has 0 aliphatic carbocycles. The first-order chi connectivity index (χ1) is 7.97. The third-order valence-corrected chi connectivity index (χ3v) is 2.41. The minimum Gasteiger partial charge on any atom is -0.326 e. The molecule has 0 fully saturated rings. The Morgan fingerprint density at radius 1 is 1.29 bits per heavy atom. The summed E-state index contributed by atoms with van der Waals surface area (Å²) < 4.78 is 0. The Kier molecular flexibility index (Phi) is 5.16. The molecule has 0 bridgehead atoms. The largest absolute Gasteiger partial charge is 0.326 e. The van der Waals surface area contributed by atoms with Gasteiger partial charge in [-0.15, -0.1) is 0 Å². The van der Waals surface area contributed by atoms with E-state index in [4.69, 9.17) is 0 Å². The Labute approximate surface area is 104 Å². The van der Waals surface area contributed by atoms with Gasteiger partial charge in [0.25, 0.3) is 0 Å². The molecule has 2 N–H and O–H groups in total. The van der Waals surface area contributed by atoms with Crippen LogP contribution in [0.5, 0.6) is 0 Å². The van der Waals surface area contributed by atoms with Crippen molar-refractivity contribution in [2.24, 2.45) is 0 Å². The van der Waals surface area contributed by atoms with Gasteiger partial charge in [-0.25, -0.2) is 0 Å².